The number of benzene rings is 1. The molecule has 0 saturated carbocycles. The van der Waals surface area contributed by atoms with Crippen molar-refractivity contribution in [2.24, 2.45) is 0 Å². The first-order chi connectivity index (χ1) is 10.2. The maximum absolute atomic E-state index is 5.61. The van der Waals surface area contributed by atoms with E-state index in [0.29, 0.717) is 11.9 Å². The van der Waals surface area contributed by atoms with Crippen molar-refractivity contribution in [2.75, 3.05) is 5.32 Å². The molecule has 3 rings (SSSR count). The van der Waals surface area contributed by atoms with Crippen molar-refractivity contribution < 1.29 is 4.74 Å². The van der Waals surface area contributed by atoms with Gasteiger partial charge >= 0.3 is 0 Å². The molecular weight excluding hydrogens is 262 g/mol. The van der Waals surface area contributed by atoms with Crippen molar-refractivity contribution in [2.45, 2.75) is 45.3 Å². The van der Waals surface area contributed by atoms with Crippen molar-refractivity contribution in [3.8, 4) is 5.88 Å². The summed E-state index contributed by atoms with van der Waals surface area (Å²) in [5.41, 5.74) is 2.91. The molecule has 21 heavy (non-hydrogen) atoms. The molecule has 1 unspecified atom stereocenters. The Morgan fingerprint density at radius 2 is 2.00 bits per heavy atom. The van der Waals surface area contributed by atoms with Gasteiger partial charge in [0.25, 0.3) is 0 Å². The van der Waals surface area contributed by atoms with Crippen LogP contribution in [-0.4, -0.2) is 22.1 Å². The van der Waals surface area contributed by atoms with E-state index in [0.717, 1.165) is 25.1 Å². The van der Waals surface area contributed by atoms with Crippen molar-refractivity contribution in [1.29, 1.82) is 0 Å². The normalized spacial score (nSPS) is 17.4. The minimum absolute atomic E-state index is 0.120. The summed E-state index contributed by atoms with van der Waals surface area (Å²) in [4.78, 5) is 8.43. The second-order valence-corrected chi connectivity index (χ2v) is 5.76. The number of nitrogens with zero attached hydrogens (tertiary/aromatic N) is 2. The minimum atomic E-state index is 0.120. The van der Waals surface area contributed by atoms with E-state index in [1.165, 1.54) is 11.1 Å². The molecule has 1 atom stereocenters. The number of anilines is 1. The molecule has 4 heteroatoms. The molecule has 1 aromatic heterocycles. The van der Waals surface area contributed by atoms with Crippen LogP contribution in [0.1, 0.15) is 31.4 Å². The largest absolute Gasteiger partial charge is 0.475 e. The molecular formula is C17H21N3O. The summed E-state index contributed by atoms with van der Waals surface area (Å²) in [6.07, 6.45) is 4.96. The highest BCUT2D eigenvalue weighted by molar-refractivity contribution is 5.40. The van der Waals surface area contributed by atoms with Crippen LogP contribution >= 0.6 is 0 Å². The first-order valence-corrected chi connectivity index (χ1v) is 7.53. The second-order valence-electron chi connectivity index (χ2n) is 5.76. The van der Waals surface area contributed by atoms with Crippen LogP contribution in [0.5, 0.6) is 5.88 Å². The lowest BCUT2D eigenvalue weighted by Crippen LogP contribution is -2.27. The van der Waals surface area contributed by atoms with Gasteiger partial charge < -0.3 is 10.1 Å². The molecule has 0 spiro atoms. The molecule has 1 aromatic carbocycles. The van der Waals surface area contributed by atoms with E-state index < -0.39 is 0 Å². The van der Waals surface area contributed by atoms with Crippen molar-refractivity contribution in [1.82, 2.24) is 9.97 Å². The Hall–Kier alpha value is -2.10. The molecule has 0 amide bonds. The monoisotopic (exact) mass is 283 g/mol. The van der Waals surface area contributed by atoms with E-state index >= 15 is 0 Å². The topological polar surface area (TPSA) is 47.0 Å². The van der Waals surface area contributed by atoms with E-state index in [1.54, 1.807) is 6.33 Å². The van der Waals surface area contributed by atoms with Gasteiger partial charge in [0, 0.05) is 12.1 Å². The Bertz CT molecular complexity index is 612. The van der Waals surface area contributed by atoms with Gasteiger partial charge in [0.1, 0.15) is 12.1 Å². The molecule has 0 fully saturated rings. The SMILES string of the molecule is CC(C)Oc1cc(NC2CCc3ccccc3C2)ncn1. The lowest BCUT2D eigenvalue weighted by Gasteiger charge is -2.26. The molecule has 4 nitrogen and oxygen atoms in total. The summed E-state index contributed by atoms with van der Waals surface area (Å²) >= 11 is 0. The highest BCUT2D eigenvalue weighted by Crippen LogP contribution is 2.23. The van der Waals surface area contributed by atoms with Crippen molar-refractivity contribution in [3.05, 3.63) is 47.8 Å². The first-order valence-electron chi connectivity index (χ1n) is 7.53. The molecule has 1 N–H and O–H groups in total. The average Bonchev–Trinajstić information content (AvgIpc) is 2.47. The van der Waals surface area contributed by atoms with Gasteiger partial charge in [-0.1, -0.05) is 24.3 Å². The van der Waals surface area contributed by atoms with E-state index in [-0.39, 0.29) is 6.10 Å². The number of hydrogen-bond donors (Lipinski definition) is 1. The molecule has 110 valence electrons. The number of nitrogens with one attached hydrogen (secondary N) is 1. The van der Waals surface area contributed by atoms with Crippen LogP contribution in [0.15, 0.2) is 36.7 Å². The third-order valence-corrected chi connectivity index (χ3v) is 3.70. The van der Waals surface area contributed by atoms with Crippen LogP contribution in [0.4, 0.5) is 5.82 Å². The van der Waals surface area contributed by atoms with Crippen LogP contribution in [0, 0.1) is 0 Å². The summed E-state index contributed by atoms with van der Waals surface area (Å²) in [6, 6.07) is 11.0. The maximum atomic E-state index is 5.61. The first kappa shape index (κ1) is 13.9. The Labute approximate surface area is 125 Å². The minimum Gasteiger partial charge on any atom is -0.475 e. The lowest BCUT2D eigenvalue weighted by atomic mass is 9.88. The molecule has 2 aromatic rings. The van der Waals surface area contributed by atoms with Gasteiger partial charge in [-0.15, -0.1) is 0 Å². The number of ether oxygens (including phenoxy) is 1. The van der Waals surface area contributed by atoms with E-state index in [4.69, 9.17) is 4.74 Å². The molecule has 1 aliphatic carbocycles. The Morgan fingerprint density at radius 1 is 1.19 bits per heavy atom. The summed E-state index contributed by atoms with van der Waals surface area (Å²) in [6.45, 7) is 3.99. The zero-order valence-electron chi connectivity index (χ0n) is 12.5. The van der Waals surface area contributed by atoms with Gasteiger partial charge in [0.15, 0.2) is 0 Å². The van der Waals surface area contributed by atoms with E-state index in [2.05, 4.69) is 39.6 Å². The number of aryl methyl sites for hydroxylation is 1. The number of hydrogen-bond acceptors (Lipinski definition) is 4. The molecule has 0 radical (unpaired) electrons. The lowest BCUT2D eigenvalue weighted by molar-refractivity contribution is 0.232. The zero-order valence-corrected chi connectivity index (χ0v) is 12.5. The second kappa shape index (κ2) is 6.12. The number of aromatic nitrogens is 2. The van der Waals surface area contributed by atoms with Gasteiger partial charge in [-0.25, -0.2) is 9.97 Å². The predicted molar refractivity (Wildman–Crippen MR) is 83.7 cm³/mol. The molecule has 1 heterocycles. The van der Waals surface area contributed by atoms with Crippen molar-refractivity contribution >= 4 is 5.82 Å². The third-order valence-electron chi connectivity index (χ3n) is 3.70. The van der Waals surface area contributed by atoms with Crippen molar-refractivity contribution in [3.63, 3.8) is 0 Å². The summed E-state index contributed by atoms with van der Waals surface area (Å²) in [5, 5.41) is 3.50. The molecule has 0 aliphatic heterocycles. The van der Waals surface area contributed by atoms with Gasteiger partial charge in [0.05, 0.1) is 6.10 Å². The number of fused-ring (bicyclic) bond motifs is 1. The average molecular weight is 283 g/mol. The fourth-order valence-electron chi connectivity index (χ4n) is 2.75. The van der Waals surface area contributed by atoms with Crippen LogP contribution in [0.2, 0.25) is 0 Å². The van der Waals surface area contributed by atoms with E-state index in [9.17, 15) is 0 Å². The van der Waals surface area contributed by atoms with Gasteiger partial charge in [0.2, 0.25) is 5.88 Å². The Kier molecular flexibility index (Phi) is 4.04. The third kappa shape index (κ3) is 3.51. The van der Waals surface area contributed by atoms with Gasteiger partial charge in [-0.3, -0.25) is 0 Å². The standard InChI is InChI=1S/C17H21N3O/c1-12(2)21-17-10-16(18-11-19-17)20-15-8-7-13-5-3-4-6-14(13)9-15/h3-6,10-12,15H,7-9H2,1-2H3,(H,18,19,20). The van der Waals surface area contributed by atoms with Crippen LogP contribution < -0.4 is 10.1 Å². The van der Waals surface area contributed by atoms with Crippen LogP contribution in [0.25, 0.3) is 0 Å². The summed E-state index contributed by atoms with van der Waals surface area (Å²) < 4.78 is 5.61. The fourth-order valence-corrected chi connectivity index (χ4v) is 2.75. The smallest absolute Gasteiger partial charge is 0.218 e. The number of rotatable bonds is 4. The highest BCUT2D eigenvalue weighted by atomic mass is 16.5. The fraction of sp³-hybridized carbons (Fsp3) is 0.412. The predicted octanol–water partition coefficient (Wildman–Crippen LogP) is 3.23. The van der Waals surface area contributed by atoms with Crippen LogP contribution in [-0.2, 0) is 12.8 Å². The van der Waals surface area contributed by atoms with Gasteiger partial charge in [-0.2, -0.15) is 0 Å². The maximum Gasteiger partial charge on any atom is 0.218 e. The van der Waals surface area contributed by atoms with Gasteiger partial charge in [-0.05, 0) is 44.2 Å². The Balaban J connectivity index is 1.68. The quantitative estimate of drug-likeness (QED) is 0.935. The van der Waals surface area contributed by atoms with E-state index in [1.807, 2.05) is 19.9 Å². The van der Waals surface area contributed by atoms with Crippen LogP contribution in [0.3, 0.4) is 0 Å². The highest BCUT2D eigenvalue weighted by Gasteiger charge is 2.18. The summed E-state index contributed by atoms with van der Waals surface area (Å²) in [5.74, 6) is 1.46. The molecule has 1 aliphatic rings. The summed E-state index contributed by atoms with van der Waals surface area (Å²) in [7, 11) is 0. The Morgan fingerprint density at radius 3 is 2.81 bits per heavy atom. The molecule has 0 bridgehead atoms. The molecule has 0 saturated heterocycles. The zero-order chi connectivity index (χ0) is 14.7.